The third kappa shape index (κ3) is 5.28. The van der Waals surface area contributed by atoms with E-state index >= 15 is 0 Å². The van der Waals surface area contributed by atoms with E-state index < -0.39 is 0 Å². The first-order valence-electron chi connectivity index (χ1n) is 7.70. The predicted octanol–water partition coefficient (Wildman–Crippen LogP) is 2.88. The molecule has 2 aromatic carbocycles. The summed E-state index contributed by atoms with van der Waals surface area (Å²) in [6.45, 7) is 0.986. The van der Waals surface area contributed by atoms with Crippen molar-refractivity contribution in [3.8, 4) is 11.5 Å². The van der Waals surface area contributed by atoms with Crippen molar-refractivity contribution in [3.63, 3.8) is 0 Å². The van der Waals surface area contributed by atoms with Gasteiger partial charge in [0, 0.05) is 13.6 Å². The SMILES string of the molecule is COc1ccc(COCC(=O)N(C)Cc2ccc(OC)cc2)cc1. The number of ether oxygens (including phenoxy) is 3. The molecular formula is C19H23NO4. The Morgan fingerprint density at radius 3 is 1.88 bits per heavy atom. The molecule has 0 bridgehead atoms. The molecule has 0 fully saturated rings. The molecule has 0 radical (unpaired) electrons. The van der Waals surface area contributed by atoms with Crippen LogP contribution in [0.25, 0.3) is 0 Å². The molecule has 0 unspecified atom stereocenters. The van der Waals surface area contributed by atoms with Gasteiger partial charge in [0.05, 0.1) is 20.8 Å². The van der Waals surface area contributed by atoms with Gasteiger partial charge >= 0.3 is 0 Å². The van der Waals surface area contributed by atoms with E-state index in [-0.39, 0.29) is 12.5 Å². The van der Waals surface area contributed by atoms with Gasteiger partial charge in [-0.2, -0.15) is 0 Å². The summed E-state index contributed by atoms with van der Waals surface area (Å²) in [5, 5.41) is 0. The Labute approximate surface area is 142 Å². The summed E-state index contributed by atoms with van der Waals surface area (Å²) in [6.07, 6.45) is 0. The Balaban J connectivity index is 1.76. The van der Waals surface area contributed by atoms with Crippen LogP contribution in [0.4, 0.5) is 0 Å². The van der Waals surface area contributed by atoms with Crippen LogP contribution in [-0.4, -0.2) is 38.7 Å². The third-order valence-corrected chi connectivity index (χ3v) is 3.66. The van der Waals surface area contributed by atoms with Crippen LogP contribution < -0.4 is 9.47 Å². The highest BCUT2D eigenvalue weighted by molar-refractivity contribution is 5.77. The van der Waals surface area contributed by atoms with Gasteiger partial charge in [-0.25, -0.2) is 0 Å². The van der Waals surface area contributed by atoms with Gasteiger partial charge in [-0.1, -0.05) is 24.3 Å². The molecule has 2 aromatic rings. The number of rotatable bonds is 8. The lowest BCUT2D eigenvalue weighted by Gasteiger charge is -2.17. The smallest absolute Gasteiger partial charge is 0.248 e. The van der Waals surface area contributed by atoms with Crippen molar-refractivity contribution < 1.29 is 19.0 Å². The minimum atomic E-state index is -0.0562. The van der Waals surface area contributed by atoms with Crippen LogP contribution in [0.1, 0.15) is 11.1 Å². The lowest BCUT2D eigenvalue weighted by molar-refractivity contribution is -0.135. The van der Waals surface area contributed by atoms with E-state index in [1.165, 1.54) is 0 Å². The second-order valence-corrected chi connectivity index (χ2v) is 5.44. The predicted molar refractivity (Wildman–Crippen MR) is 92.1 cm³/mol. The maximum absolute atomic E-state index is 12.1. The summed E-state index contributed by atoms with van der Waals surface area (Å²) in [6, 6.07) is 15.2. The van der Waals surface area contributed by atoms with Crippen LogP contribution in [0, 0.1) is 0 Å². The van der Waals surface area contributed by atoms with Crippen LogP contribution in [0.2, 0.25) is 0 Å². The molecule has 128 valence electrons. The Hall–Kier alpha value is -2.53. The molecule has 0 aliphatic carbocycles. The summed E-state index contributed by atoms with van der Waals surface area (Å²) >= 11 is 0. The van der Waals surface area contributed by atoms with E-state index in [1.54, 1.807) is 26.2 Å². The molecule has 0 aromatic heterocycles. The van der Waals surface area contributed by atoms with Crippen molar-refractivity contribution in [2.24, 2.45) is 0 Å². The highest BCUT2D eigenvalue weighted by Gasteiger charge is 2.09. The number of amides is 1. The number of nitrogens with zero attached hydrogens (tertiary/aromatic N) is 1. The summed E-state index contributed by atoms with van der Waals surface area (Å²) < 4.78 is 15.7. The monoisotopic (exact) mass is 329 g/mol. The van der Waals surface area contributed by atoms with E-state index in [0.717, 1.165) is 22.6 Å². The highest BCUT2D eigenvalue weighted by Crippen LogP contribution is 2.13. The van der Waals surface area contributed by atoms with Crippen LogP contribution in [0.3, 0.4) is 0 Å². The summed E-state index contributed by atoms with van der Waals surface area (Å²) in [5.41, 5.74) is 2.04. The minimum absolute atomic E-state index is 0.0542. The van der Waals surface area contributed by atoms with Gasteiger partial charge < -0.3 is 19.1 Å². The molecule has 1 amide bonds. The average Bonchev–Trinajstić information content (AvgIpc) is 2.62. The van der Waals surface area contributed by atoms with E-state index in [2.05, 4.69) is 0 Å². The van der Waals surface area contributed by atoms with E-state index in [4.69, 9.17) is 14.2 Å². The fourth-order valence-corrected chi connectivity index (χ4v) is 2.18. The molecular weight excluding hydrogens is 306 g/mol. The molecule has 24 heavy (non-hydrogen) atoms. The molecule has 0 aliphatic heterocycles. The molecule has 0 saturated heterocycles. The van der Waals surface area contributed by atoms with Crippen molar-refractivity contribution >= 4 is 5.91 Å². The molecule has 0 heterocycles. The van der Waals surface area contributed by atoms with Gasteiger partial charge in [-0.15, -0.1) is 0 Å². The zero-order valence-electron chi connectivity index (χ0n) is 14.3. The minimum Gasteiger partial charge on any atom is -0.497 e. The number of likely N-dealkylation sites (N-methyl/N-ethyl adjacent to an activating group) is 1. The molecule has 0 N–H and O–H groups in total. The Morgan fingerprint density at radius 1 is 0.875 bits per heavy atom. The van der Waals surface area contributed by atoms with Crippen molar-refractivity contribution in [2.45, 2.75) is 13.2 Å². The molecule has 0 atom stereocenters. The van der Waals surface area contributed by atoms with Crippen molar-refractivity contribution in [1.29, 1.82) is 0 Å². The number of hydrogen-bond donors (Lipinski definition) is 0. The summed E-state index contributed by atoms with van der Waals surface area (Å²) in [5.74, 6) is 1.55. The molecule has 0 aliphatic rings. The van der Waals surface area contributed by atoms with E-state index in [9.17, 15) is 4.79 Å². The summed E-state index contributed by atoms with van der Waals surface area (Å²) in [4.78, 5) is 13.8. The zero-order valence-corrected chi connectivity index (χ0v) is 14.3. The topological polar surface area (TPSA) is 48.0 Å². The summed E-state index contributed by atoms with van der Waals surface area (Å²) in [7, 11) is 5.02. The largest absolute Gasteiger partial charge is 0.497 e. The normalized spacial score (nSPS) is 10.3. The Bertz CT molecular complexity index is 637. The number of methoxy groups -OCH3 is 2. The van der Waals surface area contributed by atoms with Gasteiger partial charge in [0.25, 0.3) is 0 Å². The number of benzene rings is 2. The van der Waals surface area contributed by atoms with Gasteiger partial charge in [-0.3, -0.25) is 4.79 Å². The molecule has 0 saturated carbocycles. The van der Waals surface area contributed by atoms with Gasteiger partial charge in [-0.05, 0) is 35.4 Å². The Morgan fingerprint density at radius 2 is 1.38 bits per heavy atom. The first-order valence-corrected chi connectivity index (χ1v) is 7.70. The molecule has 0 spiro atoms. The fraction of sp³-hybridized carbons (Fsp3) is 0.316. The second kappa shape index (κ2) is 8.93. The van der Waals surface area contributed by atoms with E-state index in [1.807, 2.05) is 48.5 Å². The van der Waals surface area contributed by atoms with Gasteiger partial charge in [0.1, 0.15) is 18.1 Å². The van der Waals surface area contributed by atoms with Crippen molar-refractivity contribution in [3.05, 3.63) is 59.7 Å². The Kier molecular flexibility index (Phi) is 6.63. The van der Waals surface area contributed by atoms with E-state index in [0.29, 0.717) is 13.2 Å². The van der Waals surface area contributed by atoms with Crippen molar-refractivity contribution in [2.75, 3.05) is 27.9 Å². The third-order valence-electron chi connectivity index (χ3n) is 3.66. The first kappa shape index (κ1) is 17.8. The maximum Gasteiger partial charge on any atom is 0.248 e. The van der Waals surface area contributed by atoms with Crippen LogP contribution >= 0.6 is 0 Å². The lowest BCUT2D eigenvalue weighted by atomic mass is 10.2. The van der Waals surface area contributed by atoms with Crippen LogP contribution in [0.15, 0.2) is 48.5 Å². The number of hydrogen-bond acceptors (Lipinski definition) is 4. The molecule has 5 heteroatoms. The number of carbonyl (C=O) groups excluding carboxylic acids is 1. The highest BCUT2D eigenvalue weighted by atomic mass is 16.5. The zero-order chi connectivity index (χ0) is 17.4. The van der Waals surface area contributed by atoms with Gasteiger partial charge in [0.15, 0.2) is 0 Å². The number of carbonyl (C=O) groups is 1. The quantitative estimate of drug-likeness (QED) is 0.747. The van der Waals surface area contributed by atoms with Gasteiger partial charge in [0.2, 0.25) is 5.91 Å². The standard InChI is InChI=1S/C19H23NO4/c1-20(12-15-4-8-17(22-2)9-5-15)19(21)14-24-13-16-6-10-18(23-3)11-7-16/h4-11H,12-14H2,1-3H3. The lowest BCUT2D eigenvalue weighted by Crippen LogP contribution is -2.29. The first-order chi connectivity index (χ1) is 11.6. The fourth-order valence-electron chi connectivity index (χ4n) is 2.18. The molecule has 5 nitrogen and oxygen atoms in total. The molecule has 2 rings (SSSR count). The maximum atomic E-state index is 12.1. The second-order valence-electron chi connectivity index (χ2n) is 5.44. The van der Waals surface area contributed by atoms with Crippen molar-refractivity contribution in [1.82, 2.24) is 4.90 Å². The van der Waals surface area contributed by atoms with Crippen LogP contribution in [-0.2, 0) is 22.7 Å². The van der Waals surface area contributed by atoms with Crippen LogP contribution in [0.5, 0.6) is 11.5 Å². The average molecular weight is 329 g/mol.